The molecule has 156 valence electrons. The number of hydrogen-bond acceptors (Lipinski definition) is 5. The van der Waals surface area contributed by atoms with E-state index >= 15 is 0 Å². The molecule has 31 heavy (non-hydrogen) atoms. The molecule has 0 saturated heterocycles. The van der Waals surface area contributed by atoms with Gasteiger partial charge in [-0.25, -0.2) is 9.97 Å². The molecule has 0 aliphatic carbocycles. The normalized spacial score (nSPS) is 10.6. The number of hydrogen-bond donors (Lipinski definition) is 4. The second-order valence-corrected chi connectivity index (χ2v) is 7.61. The van der Waals surface area contributed by atoms with E-state index in [9.17, 15) is 9.59 Å². The molecule has 2 heterocycles. The molecule has 0 aliphatic rings. The second kappa shape index (κ2) is 9.77. The van der Waals surface area contributed by atoms with Gasteiger partial charge in [0.05, 0.1) is 11.5 Å². The van der Waals surface area contributed by atoms with Gasteiger partial charge in [0.15, 0.2) is 0 Å². The molecule has 0 aliphatic heterocycles. The lowest BCUT2D eigenvalue weighted by molar-refractivity contribution is -0.114. The molecule has 0 radical (unpaired) electrons. The molecule has 0 atom stereocenters. The number of carbonyl (C=O) groups is 2. The summed E-state index contributed by atoms with van der Waals surface area (Å²) in [5, 5.41) is 5.65. The molecular formula is C22H20N6O2S. The van der Waals surface area contributed by atoms with Crippen LogP contribution >= 0.6 is 11.8 Å². The Hall–Kier alpha value is -3.85. The number of amides is 2. The van der Waals surface area contributed by atoms with Crippen molar-refractivity contribution in [1.29, 1.82) is 0 Å². The number of thioether (sulfide) groups is 1. The number of imidazole rings is 2. The van der Waals surface area contributed by atoms with Gasteiger partial charge >= 0.3 is 0 Å². The third-order valence-electron chi connectivity index (χ3n) is 4.35. The number of nitrogens with zero attached hydrogens (tertiary/aromatic N) is 2. The zero-order chi connectivity index (χ0) is 21.5. The molecule has 4 aromatic rings. The van der Waals surface area contributed by atoms with Gasteiger partial charge in [-0.1, -0.05) is 0 Å². The Morgan fingerprint density at radius 1 is 0.710 bits per heavy atom. The van der Waals surface area contributed by atoms with E-state index in [1.807, 2.05) is 48.5 Å². The number of carbonyl (C=O) groups excluding carboxylic acids is 2. The van der Waals surface area contributed by atoms with Crippen molar-refractivity contribution in [3.8, 4) is 22.8 Å². The fourth-order valence-corrected chi connectivity index (χ4v) is 3.52. The lowest BCUT2D eigenvalue weighted by Gasteiger charge is -2.07. The highest BCUT2D eigenvalue weighted by molar-refractivity contribution is 8.00. The van der Waals surface area contributed by atoms with Crippen LogP contribution in [0, 0.1) is 0 Å². The Morgan fingerprint density at radius 3 is 1.48 bits per heavy atom. The molecule has 0 bridgehead atoms. The van der Waals surface area contributed by atoms with E-state index in [1.54, 1.807) is 24.8 Å². The first-order valence-corrected chi connectivity index (χ1v) is 10.7. The van der Waals surface area contributed by atoms with Crippen LogP contribution in [-0.2, 0) is 9.59 Å². The third kappa shape index (κ3) is 5.61. The molecular weight excluding hydrogens is 412 g/mol. The van der Waals surface area contributed by atoms with E-state index in [4.69, 9.17) is 0 Å². The maximum atomic E-state index is 12.1. The van der Waals surface area contributed by atoms with Crippen molar-refractivity contribution < 1.29 is 9.59 Å². The number of aromatic nitrogens is 4. The lowest BCUT2D eigenvalue weighted by atomic mass is 10.2. The van der Waals surface area contributed by atoms with Crippen molar-refractivity contribution in [3.63, 3.8) is 0 Å². The summed E-state index contributed by atoms with van der Waals surface area (Å²) in [4.78, 5) is 38.7. The topological polar surface area (TPSA) is 116 Å². The van der Waals surface area contributed by atoms with Gasteiger partial charge < -0.3 is 20.6 Å². The maximum absolute atomic E-state index is 12.1. The number of nitrogens with one attached hydrogen (secondary N) is 4. The first-order valence-electron chi connectivity index (χ1n) is 9.54. The van der Waals surface area contributed by atoms with E-state index in [1.165, 1.54) is 11.8 Å². The number of aromatic amines is 2. The minimum absolute atomic E-state index is 0.161. The zero-order valence-corrected chi connectivity index (χ0v) is 17.3. The summed E-state index contributed by atoms with van der Waals surface area (Å²) in [6, 6.07) is 14.8. The molecule has 0 unspecified atom stereocenters. The quantitative estimate of drug-likeness (QED) is 0.338. The Balaban J connectivity index is 1.19. The smallest absolute Gasteiger partial charge is 0.234 e. The fourth-order valence-electron chi connectivity index (χ4n) is 2.90. The molecule has 2 amide bonds. The summed E-state index contributed by atoms with van der Waals surface area (Å²) >= 11 is 1.26. The monoisotopic (exact) mass is 432 g/mol. The van der Waals surface area contributed by atoms with Gasteiger partial charge in [-0.15, -0.1) is 11.8 Å². The molecule has 4 N–H and O–H groups in total. The van der Waals surface area contributed by atoms with E-state index in [2.05, 4.69) is 30.6 Å². The molecule has 2 aromatic carbocycles. The van der Waals surface area contributed by atoms with E-state index < -0.39 is 0 Å². The van der Waals surface area contributed by atoms with E-state index in [0.717, 1.165) is 22.8 Å². The summed E-state index contributed by atoms with van der Waals surface area (Å²) in [7, 11) is 0. The van der Waals surface area contributed by atoms with Gasteiger partial charge in [0.2, 0.25) is 11.8 Å². The van der Waals surface area contributed by atoms with Gasteiger partial charge in [-0.3, -0.25) is 9.59 Å². The predicted molar refractivity (Wildman–Crippen MR) is 123 cm³/mol. The van der Waals surface area contributed by atoms with Crippen LogP contribution in [0.4, 0.5) is 11.4 Å². The molecule has 2 aromatic heterocycles. The molecule has 8 nitrogen and oxygen atoms in total. The van der Waals surface area contributed by atoms with Crippen molar-refractivity contribution in [1.82, 2.24) is 19.9 Å². The van der Waals surface area contributed by atoms with Crippen LogP contribution in [-0.4, -0.2) is 43.3 Å². The largest absolute Gasteiger partial charge is 0.345 e. The highest BCUT2D eigenvalue weighted by Crippen LogP contribution is 2.19. The minimum atomic E-state index is -0.161. The minimum Gasteiger partial charge on any atom is -0.345 e. The Morgan fingerprint density at radius 2 is 1.13 bits per heavy atom. The average molecular weight is 433 g/mol. The van der Waals surface area contributed by atoms with Crippen molar-refractivity contribution in [2.75, 3.05) is 22.1 Å². The van der Waals surface area contributed by atoms with E-state index in [-0.39, 0.29) is 23.3 Å². The average Bonchev–Trinajstić information content (AvgIpc) is 3.49. The van der Waals surface area contributed by atoms with Crippen LogP contribution in [0.25, 0.3) is 22.8 Å². The lowest BCUT2D eigenvalue weighted by Crippen LogP contribution is -2.18. The van der Waals surface area contributed by atoms with Gasteiger partial charge in [-0.05, 0) is 48.5 Å². The Bertz CT molecular complexity index is 1030. The fraction of sp³-hybridized carbons (Fsp3) is 0.0909. The van der Waals surface area contributed by atoms with Gasteiger partial charge in [0.1, 0.15) is 11.6 Å². The second-order valence-electron chi connectivity index (χ2n) is 6.62. The molecule has 9 heteroatoms. The molecule has 4 rings (SSSR count). The summed E-state index contributed by atoms with van der Waals surface area (Å²) < 4.78 is 0. The molecule has 0 fully saturated rings. The molecule has 0 spiro atoms. The van der Waals surface area contributed by atoms with Crippen LogP contribution in [0.15, 0.2) is 73.3 Å². The van der Waals surface area contributed by atoms with Crippen molar-refractivity contribution in [2.24, 2.45) is 0 Å². The summed E-state index contributed by atoms with van der Waals surface area (Å²) in [6.45, 7) is 0. The Labute approximate surface area is 182 Å². The van der Waals surface area contributed by atoms with Crippen LogP contribution in [0.5, 0.6) is 0 Å². The van der Waals surface area contributed by atoms with Crippen molar-refractivity contribution >= 4 is 35.0 Å². The Kier molecular flexibility index (Phi) is 6.44. The van der Waals surface area contributed by atoms with Gasteiger partial charge in [-0.2, -0.15) is 0 Å². The predicted octanol–water partition coefficient (Wildman–Crippen LogP) is 3.78. The van der Waals surface area contributed by atoms with Gasteiger partial charge in [0, 0.05) is 47.3 Å². The number of anilines is 2. The van der Waals surface area contributed by atoms with Crippen molar-refractivity contribution in [2.45, 2.75) is 0 Å². The van der Waals surface area contributed by atoms with E-state index in [0.29, 0.717) is 11.4 Å². The first-order chi connectivity index (χ1) is 15.2. The number of rotatable bonds is 8. The maximum Gasteiger partial charge on any atom is 0.234 e. The summed E-state index contributed by atoms with van der Waals surface area (Å²) in [5.74, 6) is 1.60. The van der Waals surface area contributed by atoms with Crippen molar-refractivity contribution in [3.05, 3.63) is 73.3 Å². The van der Waals surface area contributed by atoms with Crippen LogP contribution in [0.3, 0.4) is 0 Å². The van der Waals surface area contributed by atoms with Crippen LogP contribution in [0.2, 0.25) is 0 Å². The highest BCUT2D eigenvalue weighted by Gasteiger charge is 2.08. The standard InChI is InChI=1S/C22H20N6O2S/c29-19(27-17-5-1-15(2-6-17)21-23-9-10-24-21)13-31-14-20(30)28-18-7-3-16(4-8-18)22-25-11-12-26-22/h1-12H,13-14H2,(H,23,24)(H,25,26)(H,27,29)(H,28,30). The zero-order valence-electron chi connectivity index (χ0n) is 16.5. The molecule has 0 saturated carbocycles. The summed E-state index contributed by atoms with van der Waals surface area (Å²) in [6.07, 6.45) is 6.89. The van der Waals surface area contributed by atoms with Crippen LogP contribution < -0.4 is 10.6 Å². The van der Waals surface area contributed by atoms with Crippen LogP contribution in [0.1, 0.15) is 0 Å². The SMILES string of the molecule is O=C(CSCC(=O)Nc1ccc(-c2ncc[nH]2)cc1)Nc1ccc(-c2ncc[nH]2)cc1. The third-order valence-corrected chi connectivity index (χ3v) is 5.28. The summed E-state index contributed by atoms with van der Waals surface area (Å²) in [5.41, 5.74) is 3.27. The number of H-pyrrole nitrogens is 2. The highest BCUT2D eigenvalue weighted by atomic mass is 32.2. The van der Waals surface area contributed by atoms with Gasteiger partial charge in [0.25, 0.3) is 0 Å². The number of benzene rings is 2. The first kappa shape index (κ1) is 20.4.